The zero-order chi connectivity index (χ0) is 18.7. The lowest BCUT2D eigenvalue weighted by Gasteiger charge is -2.11. The van der Waals surface area contributed by atoms with Crippen molar-refractivity contribution in [2.45, 2.75) is 0 Å². The molecule has 136 valence electrons. The van der Waals surface area contributed by atoms with E-state index in [0.717, 1.165) is 5.39 Å². The number of H-pyrrole nitrogens is 1. The van der Waals surface area contributed by atoms with Crippen LogP contribution in [0.5, 0.6) is 23.0 Å². The number of amides is 1. The lowest BCUT2D eigenvalue weighted by molar-refractivity contribution is 0.102. The predicted molar refractivity (Wildman–Crippen MR) is 98.9 cm³/mol. The van der Waals surface area contributed by atoms with E-state index in [-0.39, 0.29) is 5.91 Å². The molecule has 0 saturated heterocycles. The smallest absolute Gasteiger partial charge is 0.272 e. The highest BCUT2D eigenvalue weighted by Crippen LogP contribution is 2.41. The second kappa shape index (κ2) is 7.26. The van der Waals surface area contributed by atoms with Crippen LogP contribution < -0.4 is 24.3 Å². The van der Waals surface area contributed by atoms with Crippen molar-refractivity contribution >= 4 is 22.5 Å². The first-order valence-corrected chi connectivity index (χ1v) is 7.89. The summed E-state index contributed by atoms with van der Waals surface area (Å²) in [5.41, 5.74) is 1.56. The van der Waals surface area contributed by atoms with Crippen LogP contribution >= 0.6 is 0 Å². The second-order valence-electron chi connectivity index (χ2n) is 5.44. The summed E-state index contributed by atoms with van der Waals surface area (Å²) in [7, 11) is 6.19. The maximum atomic E-state index is 12.7. The largest absolute Gasteiger partial charge is 0.496 e. The summed E-state index contributed by atoms with van der Waals surface area (Å²) in [6, 6.07) is 10.6. The Kier molecular flexibility index (Phi) is 4.88. The number of anilines is 1. The topological polar surface area (TPSA) is 81.8 Å². The zero-order valence-corrected chi connectivity index (χ0v) is 15.0. The van der Waals surface area contributed by atoms with E-state index < -0.39 is 0 Å². The van der Waals surface area contributed by atoms with Gasteiger partial charge in [0.2, 0.25) is 0 Å². The Hall–Kier alpha value is -3.35. The van der Waals surface area contributed by atoms with E-state index in [1.54, 1.807) is 52.7 Å². The molecule has 26 heavy (non-hydrogen) atoms. The number of benzene rings is 2. The molecule has 1 amide bonds. The second-order valence-corrected chi connectivity index (χ2v) is 5.44. The SMILES string of the molecule is COc1ccccc1NC(=O)c1cc2c(OC)cc(OC)c(OC)c2[nH]1. The molecule has 3 rings (SSSR count). The molecule has 3 aromatic rings. The van der Waals surface area contributed by atoms with Crippen molar-refractivity contribution < 1.29 is 23.7 Å². The van der Waals surface area contributed by atoms with Gasteiger partial charge in [-0.25, -0.2) is 0 Å². The average molecular weight is 356 g/mol. The van der Waals surface area contributed by atoms with Crippen LogP contribution in [-0.4, -0.2) is 39.3 Å². The fourth-order valence-electron chi connectivity index (χ4n) is 2.80. The zero-order valence-electron chi connectivity index (χ0n) is 15.0. The number of hydrogen-bond acceptors (Lipinski definition) is 5. The molecule has 0 saturated carbocycles. The van der Waals surface area contributed by atoms with E-state index in [0.29, 0.717) is 39.9 Å². The van der Waals surface area contributed by atoms with Gasteiger partial charge in [0.05, 0.1) is 39.6 Å². The molecule has 1 aromatic heterocycles. The maximum Gasteiger partial charge on any atom is 0.272 e. The Labute approximate surface area is 150 Å². The minimum atomic E-state index is -0.311. The van der Waals surface area contributed by atoms with Crippen LogP contribution in [0.2, 0.25) is 0 Å². The van der Waals surface area contributed by atoms with Crippen LogP contribution in [-0.2, 0) is 0 Å². The predicted octanol–water partition coefficient (Wildman–Crippen LogP) is 3.45. The van der Waals surface area contributed by atoms with E-state index in [4.69, 9.17) is 18.9 Å². The molecule has 0 unspecified atom stereocenters. The van der Waals surface area contributed by atoms with E-state index in [9.17, 15) is 4.79 Å². The number of nitrogens with one attached hydrogen (secondary N) is 2. The molecule has 0 spiro atoms. The van der Waals surface area contributed by atoms with Crippen LogP contribution in [0.25, 0.3) is 10.9 Å². The minimum absolute atomic E-state index is 0.311. The van der Waals surface area contributed by atoms with E-state index >= 15 is 0 Å². The Balaban J connectivity index is 2.04. The Morgan fingerprint density at radius 1 is 0.885 bits per heavy atom. The third-order valence-corrected chi connectivity index (χ3v) is 4.04. The van der Waals surface area contributed by atoms with Gasteiger partial charge in [0.25, 0.3) is 5.91 Å². The summed E-state index contributed by atoms with van der Waals surface area (Å²) in [6.45, 7) is 0. The molecular weight excluding hydrogens is 336 g/mol. The molecule has 7 heteroatoms. The first-order valence-electron chi connectivity index (χ1n) is 7.89. The molecule has 7 nitrogen and oxygen atoms in total. The summed E-state index contributed by atoms with van der Waals surface area (Å²) in [5.74, 6) is 1.85. The summed E-state index contributed by atoms with van der Waals surface area (Å²) in [5, 5.41) is 3.55. The highest BCUT2D eigenvalue weighted by atomic mass is 16.5. The number of methoxy groups -OCH3 is 4. The lowest BCUT2D eigenvalue weighted by atomic mass is 10.2. The van der Waals surface area contributed by atoms with E-state index in [2.05, 4.69) is 10.3 Å². The van der Waals surface area contributed by atoms with Gasteiger partial charge in [0, 0.05) is 11.5 Å². The summed E-state index contributed by atoms with van der Waals surface area (Å²) >= 11 is 0. The van der Waals surface area contributed by atoms with Crippen molar-refractivity contribution in [2.24, 2.45) is 0 Å². The molecule has 0 bridgehead atoms. The van der Waals surface area contributed by atoms with Crippen molar-refractivity contribution in [3.8, 4) is 23.0 Å². The molecule has 0 radical (unpaired) electrons. The summed E-state index contributed by atoms with van der Waals surface area (Å²) in [4.78, 5) is 15.8. The first-order chi connectivity index (χ1) is 12.6. The summed E-state index contributed by atoms with van der Waals surface area (Å²) in [6.07, 6.45) is 0. The number of hydrogen-bond donors (Lipinski definition) is 2. The number of carbonyl (C=O) groups excluding carboxylic acids is 1. The standard InChI is InChI=1S/C19H20N2O5/c1-23-14-8-6-5-7-12(14)21-19(22)13-9-11-15(24-2)10-16(25-3)18(26-4)17(11)20-13/h5-10,20H,1-4H3,(H,21,22). The van der Waals surface area contributed by atoms with Gasteiger partial charge in [-0.1, -0.05) is 12.1 Å². The quantitative estimate of drug-likeness (QED) is 0.707. The van der Waals surface area contributed by atoms with Crippen molar-refractivity contribution in [2.75, 3.05) is 33.8 Å². The van der Waals surface area contributed by atoms with Crippen LogP contribution in [0.4, 0.5) is 5.69 Å². The van der Waals surface area contributed by atoms with Gasteiger partial charge in [-0.3, -0.25) is 4.79 Å². The van der Waals surface area contributed by atoms with Crippen molar-refractivity contribution in [3.05, 3.63) is 42.1 Å². The molecule has 0 aliphatic carbocycles. The molecule has 2 N–H and O–H groups in total. The van der Waals surface area contributed by atoms with Gasteiger partial charge >= 0.3 is 0 Å². The van der Waals surface area contributed by atoms with Crippen molar-refractivity contribution in [3.63, 3.8) is 0 Å². The number of rotatable bonds is 6. The summed E-state index contributed by atoms with van der Waals surface area (Å²) < 4.78 is 21.4. The van der Waals surface area contributed by atoms with Crippen LogP contribution in [0, 0.1) is 0 Å². The molecule has 1 heterocycles. The van der Waals surface area contributed by atoms with Crippen molar-refractivity contribution in [1.29, 1.82) is 0 Å². The Morgan fingerprint density at radius 3 is 2.23 bits per heavy atom. The van der Waals surface area contributed by atoms with Crippen molar-refractivity contribution in [1.82, 2.24) is 4.98 Å². The molecular formula is C19H20N2O5. The van der Waals surface area contributed by atoms with Gasteiger partial charge in [-0.2, -0.15) is 0 Å². The minimum Gasteiger partial charge on any atom is -0.496 e. The fraction of sp³-hybridized carbons (Fsp3) is 0.211. The normalized spacial score (nSPS) is 10.5. The third kappa shape index (κ3) is 2.99. The number of aromatic nitrogens is 1. The first kappa shape index (κ1) is 17.5. The number of ether oxygens (including phenoxy) is 4. The van der Waals surface area contributed by atoms with Gasteiger partial charge in [0.1, 0.15) is 17.2 Å². The van der Waals surface area contributed by atoms with Gasteiger partial charge in [-0.15, -0.1) is 0 Å². The number of aromatic amines is 1. The van der Waals surface area contributed by atoms with Crippen LogP contribution in [0.1, 0.15) is 10.5 Å². The Bertz CT molecular complexity index is 948. The molecule has 2 aromatic carbocycles. The third-order valence-electron chi connectivity index (χ3n) is 4.04. The number of para-hydroxylation sites is 2. The average Bonchev–Trinajstić information content (AvgIpc) is 3.12. The highest BCUT2D eigenvalue weighted by molar-refractivity contribution is 6.08. The molecule has 0 aliphatic rings. The Morgan fingerprint density at radius 2 is 1.58 bits per heavy atom. The highest BCUT2D eigenvalue weighted by Gasteiger charge is 2.20. The van der Waals surface area contributed by atoms with Gasteiger partial charge < -0.3 is 29.2 Å². The fourth-order valence-corrected chi connectivity index (χ4v) is 2.80. The number of carbonyl (C=O) groups is 1. The molecule has 0 fully saturated rings. The van der Waals surface area contributed by atoms with E-state index in [1.165, 1.54) is 0 Å². The van der Waals surface area contributed by atoms with E-state index in [1.807, 2.05) is 12.1 Å². The number of fused-ring (bicyclic) bond motifs is 1. The van der Waals surface area contributed by atoms with Gasteiger partial charge in [0.15, 0.2) is 11.5 Å². The van der Waals surface area contributed by atoms with Crippen LogP contribution in [0.15, 0.2) is 36.4 Å². The van der Waals surface area contributed by atoms with Gasteiger partial charge in [-0.05, 0) is 18.2 Å². The molecule has 0 aliphatic heterocycles. The maximum absolute atomic E-state index is 12.7. The molecule has 0 atom stereocenters. The lowest BCUT2D eigenvalue weighted by Crippen LogP contribution is -2.12. The van der Waals surface area contributed by atoms with Crippen LogP contribution in [0.3, 0.4) is 0 Å². The monoisotopic (exact) mass is 356 g/mol.